The summed E-state index contributed by atoms with van der Waals surface area (Å²) >= 11 is 0. The maximum atomic E-state index is 13.7. The number of carbonyl (C=O) groups is 7. The van der Waals surface area contributed by atoms with Crippen LogP contribution in [0, 0.1) is 0 Å². The lowest BCUT2D eigenvalue weighted by atomic mass is 9.86. The minimum Gasteiger partial charge on any atom is -0.481 e. The summed E-state index contributed by atoms with van der Waals surface area (Å²) < 4.78 is 18.0. The number of fused-ring (bicyclic) bond motifs is 5. The van der Waals surface area contributed by atoms with Crippen molar-refractivity contribution in [3.63, 3.8) is 0 Å². The number of rotatable bonds is 18. The van der Waals surface area contributed by atoms with E-state index in [2.05, 4.69) is 16.0 Å². The van der Waals surface area contributed by atoms with Gasteiger partial charge in [0.15, 0.2) is 5.60 Å². The third-order valence-electron chi connectivity index (χ3n) is 12.6. The minimum absolute atomic E-state index is 0.0310. The van der Waals surface area contributed by atoms with Crippen molar-refractivity contribution in [3.8, 4) is 17.1 Å². The first-order chi connectivity index (χ1) is 33.9. The number of nitrogens with zero attached hydrogens (tertiary/aromatic N) is 4. The van der Waals surface area contributed by atoms with Gasteiger partial charge in [-0.2, -0.15) is 0 Å². The number of benzene rings is 3. The maximum absolute atomic E-state index is 13.7. The smallest absolute Gasteiger partial charge is 0.415 e. The number of amides is 5. The molecule has 0 radical (unpaired) electrons. The summed E-state index contributed by atoms with van der Waals surface area (Å²) in [7, 11) is 3.06. The highest BCUT2D eigenvalue weighted by molar-refractivity contribution is 5.98. The summed E-state index contributed by atoms with van der Waals surface area (Å²) in [4.78, 5) is 110. The monoisotopic (exact) mass is 973 g/mol. The lowest BCUT2D eigenvalue weighted by Gasteiger charge is -2.31. The number of likely N-dealkylation sites (N-methyl/N-ethyl adjacent to an activating group) is 2. The summed E-state index contributed by atoms with van der Waals surface area (Å²) in [5.74, 6) is -3.46. The first-order valence-electron chi connectivity index (χ1n) is 23.1. The molecular weight excluding hydrogens is 919 g/mol. The molecule has 3 aromatic carbocycles. The molecule has 2 aliphatic heterocycles. The number of nitrogens with one attached hydrogen (secondary N) is 3. The van der Waals surface area contributed by atoms with Gasteiger partial charge >= 0.3 is 24.1 Å². The highest BCUT2D eigenvalue weighted by Crippen LogP contribution is 2.41. The highest BCUT2D eigenvalue weighted by Gasteiger charge is 2.45. The molecule has 0 fully saturated rings. The number of aliphatic hydroxyl groups is 1. The SMILES string of the molecule is CCc1c2c(nc3ccc(OC(=O)N(C)CCN(C)C(=O)OCc4ccc(NC(=O)[C@H](C)NC(=O)[C@H](Cc5ccccc5)NC(=O)CCC(=O)O)cc4)cc13)-c1cc3c(c(=O)n1C2)COC(=O)[C@]3(O)CC. The van der Waals surface area contributed by atoms with E-state index in [-0.39, 0.29) is 74.5 Å². The molecule has 20 nitrogen and oxygen atoms in total. The molecular formula is C51H55N7O13. The number of esters is 1. The van der Waals surface area contributed by atoms with Crippen LogP contribution in [-0.2, 0) is 71.6 Å². The average Bonchev–Trinajstić information content (AvgIpc) is 3.73. The summed E-state index contributed by atoms with van der Waals surface area (Å²) in [6.07, 6.45) is -1.31. The Balaban J connectivity index is 0.882. The number of aryl methyl sites for hydroxylation is 1. The third kappa shape index (κ3) is 11.3. The number of pyridine rings is 2. The fourth-order valence-corrected chi connectivity index (χ4v) is 8.39. The number of carbonyl (C=O) groups excluding carboxylic acids is 6. The Hall–Kier alpha value is -8.13. The molecule has 2 aliphatic rings. The fraction of sp³-hybridized carbons (Fsp3) is 0.353. The second-order valence-corrected chi connectivity index (χ2v) is 17.4. The number of ether oxygens (including phenoxy) is 3. The van der Waals surface area contributed by atoms with Crippen LogP contribution in [0.3, 0.4) is 0 Å². The molecule has 0 unspecified atom stereocenters. The van der Waals surface area contributed by atoms with Gasteiger partial charge in [0.2, 0.25) is 17.7 Å². The molecule has 0 spiro atoms. The van der Waals surface area contributed by atoms with Gasteiger partial charge in [-0.15, -0.1) is 0 Å². The van der Waals surface area contributed by atoms with E-state index in [0.29, 0.717) is 34.6 Å². The molecule has 71 heavy (non-hydrogen) atoms. The van der Waals surface area contributed by atoms with Crippen molar-refractivity contribution in [3.05, 3.63) is 123 Å². The van der Waals surface area contributed by atoms with Crippen molar-refractivity contribution >= 4 is 58.4 Å². The summed E-state index contributed by atoms with van der Waals surface area (Å²) in [6.45, 7) is 5.23. The zero-order valence-corrected chi connectivity index (χ0v) is 39.9. The molecule has 0 bridgehead atoms. The van der Waals surface area contributed by atoms with E-state index in [1.807, 2.05) is 6.92 Å². The summed E-state index contributed by atoms with van der Waals surface area (Å²) in [5.41, 5.74) is 3.31. The van der Waals surface area contributed by atoms with Crippen LogP contribution in [0.4, 0.5) is 15.3 Å². The Kier molecular flexibility index (Phi) is 15.5. The Labute approximate surface area is 407 Å². The standard InChI is InChI=1S/C51H55N7O13/c1-6-34-35-24-33(17-18-39(35)55-44-36(34)26-58-41(44)25-38-37(47(58)64)28-69-48(65)51(38,68)7-2)71-50(67)57(5)22-21-56(4)49(66)70-27-31-13-15-32(16-14-31)53-45(62)29(3)52-46(63)40(23-30-11-9-8-10-12-30)54-42(59)19-20-43(60)61/h8-18,24-25,29,40,68H,6-7,19-23,26-28H2,1-5H3,(H,52,63)(H,53,62)(H,54,59)(H,60,61)/t29-,40-,51-/m0/s1. The molecule has 7 rings (SSSR count). The van der Waals surface area contributed by atoms with Gasteiger partial charge in [0, 0.05) is 62.2 Å². The largest absolute Gasteiger partial charge is 0.481 e. The van der Waals surface area contributed by atoms with Gasteiger partial charge in [0.05, 0.1) is 35.4 Å². The van der Waals surface area contributed by atoms with E-state index in [9.17, 15) is 43.5 Å². The third-order valence-corrected chi connectivity index (χ3v) is 12.6. The van der Waals surface area contributed by atoms with Gasteiger partial charge in [-0.1, -0.05) is 56.3 Å². The molecule has 0 aliphatic carbocycles. The number of aromatic nitrogens is 2. The molecule has 20 heteroatoms. The van der Waals surface area contributed by atoms with E-state index in [1.165, 1.54) is 30.8 Å². The second kappa shape index (κ2) is 21.7. The van der Waals surface area contributed by atoms with Gasteiger partial charge < -0.3 is 54.7 Å². The molecule has 5 amide bonds. The number of aliphatic carboxylic acids is 1. The Morgan fingerprint density at radius 3 is 2.24 bits per heavy atom. The number of carboxylic acids is 1. The van der Waals surface area contributed by atoms with Crippen molar-refractivity contribution in [2.24, 2.45) is 0 Å². The van der Waals surface area contributed by atoms with Crippen LogP contribution in [-0.4, -0.2) is 111 Å². The number of carboxylic acid groups (broad SMARTS) is 1. The van der Waals surface area contributed by atoms with Crippen molar-refractivity contribution in [1.82, 2.24) is 30.0 Å². The number of hydrogen-bond donors (Lipinski definition) is 5. The first-order valence-corrected chi connectivity index (χ1v) is 23.1. The zero-order valence-electron chi connectivity index (χ0n) is 39.9. The van der Waals surface area contributed by atoms with Crippen LogP contribution in [0.1, 0.15) is 73.4 Å². The Bertz CT molecular complexity index is 2960. The van der Waals surface area contributed by atoms with Gasteiger partial charge in [0.1, 0.15) is 31.0 Å². The van der Waals surface area contributed by atoms with Crippen LogP contribution in [0.5, 0.6) is 5.75 Å². The van der Waals surface area contributed by atoms with E-state index in [4.69, 9.17) is 24.3 Å². The normalized spacial score (nSPS) is 15.2. The minimum atomic E-state index is -1.94. The van der Waals surface area contributed by atoms with Crippen LogP contribution in [0.2, 0.25) is 0 Å². The van der Waals surface area contributed by atoms with Crippen molar-refractivity contribution in [2.45, 2.75) is 90.3 Å². The average molecular weight is 974 g/mol. The van der Waals surface area contributed by atoms with E-state index < -0.39 is 66.0 Å². The van der Waals surface area contributed by atoms with Crippen molar-refractivity contribution in [1.29, 1.82) is 0 Å². The fourth-order valence-electron chi connectivity index (χ4n) is 8.39. The topological polar surface area (TPSA) is 265 Å². The molecule has 5 N–H and O–H groups in total. The maximum Gasteiger partial charge on any atom is 0.415 e. The van der Waals surface area contributed by atoms with Crippen molar-refractivity contribution in [2.75, 3.05) is 32.5 Å². The quantitative estimate of drug-likeness (QED) is 0.0749. The molecule has 3 atom stereocenters. The van der Waals surface area contributed by atoms with Gasteiger partial charge in [-0.05, 0) is 72.9 Å². The lowest BCUT2D eigenvalue weighted by Crippen LogP contribution is -2.52. The second-order valence-electron chi connectivity index (χ2n) is 17.4. The summed E-state index contributed by atoms with van der Waals surface area (Å²) in [5, 5.41) is 28.8. The molecule has 5 aromatic rings. The predicted octanol–water partition coefficient (Wildman–Crippen LogP) is 4.38. The molecule has 0 saturated carbocycles. The first kappa shape index (κ1) is 50.7. The lowest BCUT2D eigenvalue weighted by molar-refractivity contribution is -0.172. The highest BCUT2D eigenvalue weighted by atomic mass is 16.6. The molecule has 4 heterocycles. The van der Waals surface area contributed by atoms with Crippen LogP contribution in [0.15, 0.2) is 83.7 Å². The van der Waals surface area contributed by atoms with Crippen LogP contribution >= 0.6 is 0 Å². The van der Waals surface area contributed by atoms with Crippen LogP contribution in [0.25, 0.3) is 22.3 Å². The molecule has 0 saturated heterocycles. The van der Waals surface area contributed by atoms with Gasteiger partial charge in [-0.25, -0.2) is 19.4 Å². The van der Waals surface area contributed by atoms with E-state index in [0.717, 1.165) is 22.1 Å². The molecule has 2 aromatic heterocycles. The summed E-state index contributed by atoms with van der Waals surface area (Å²) in [6, 6.07) is 20.1. The number of hydrogen-bond acceptors (Lipinski definition) is 13. The van der Waals surface area contributed by atoms with Gasteiger partial charge in [-0.3, -0.25) is 24.0 Å². The predicted molar refractivity (Wildman–Crippen MR) is 257 cm³/mol. The Morgan fingerprint density at radius 2 is 1.56 bits per heavy atom. The van der Waals surface area contributed by atoms with E-state index in [1.54, 1.807) is 90.4 Å². The van der Waals surface area contributed by atoms with Crippen molar-refractivity contribution < 1.29 is 58.0 Å². The number of cyclic esters (lactones) is 1. The zero-order chi connectivity index (χ0) is 51.1. The van der Waals surface area contributed by atoms with E-state index >= 15 is 0 Å². The van der Waals surface area contributed by atoms with Gasteiger partial charge in [0.25, 0.3) is 5.56 Å². The molecule has 372 valence electrons. The number of anilines is 1. The Morgan fingerprint density at radius 1 is 0.859 bits per heavy atom. The van der Waals surface area contributed by atoms with Crippen LogP contribution < -0.4 is 26.2 Å².